The molecule has 0 saturated carbocycles. The number of aliphatic carboxylic acids is 1. The summed E-state index contributed by atoms with van der Waals surface area (Å²) >= 11 is 0. The molecule has 1 aromatic heterocycles. The highest BCUT2D eigenvalue weighted by Crippen LogP contribution is 2.30. The van der Waals surface area contributed by atoms with Crippen LogP contribution in [0.5, 0.6) is 0 Å². The van der Waals surface area contributed by atoms with Crippen molar-refractivity contribution in [2.24, 2.45) is 5.41 Å². The number of nitrogens with one attached hydrogen (secondary N) is 1. The number of carbonyl (C=O) groups is 2. The molecule has 1 aliphatic heterocycles. The molecule has 1 saturated heterocycles. The minimum absolute atomic E-state index is 0.197. The Labute approximate surface area is 116 Å². The Bertz CT molecular complexity index is 505. The van der Waals surface area contributed by atoms with E-state index < -0.39 is 11.4 Å². The number of carbonyl (C=O) groups excluding carboxylic acids is 1. The third-order valence-electron chi connectivity index (χ3n) is 3.64. The van der Waals surface area contributed by atoms with E-state index in [-0.39, 0.29) is 12.6 Å². The van der Waals surface area contributed by atoms with Crippen LogP contribution in [0.4, 0.5) is 4.79 Å². The van der Waals surface area contributed by atoms with E-state index in [1.165, 1.54) is 0 Å². The standard InChI is InChI=1S/C12H18N4O4/c1-8-14-9(15-20-8)7-13-11(19)16-5-3-12(2,4-6-16)10(17)18/h3-7H2,1-2H3,(H,13,19)(H,17,18). The molecule has 2 amide bonds. The van der Waals surface area contributed by atoms with E-state index >= 15 is 0 Å². The van der Waals surface area contributed by atoms with Crippen molar-refractivity contribution in [2.45, 2.75) is 33.2 Å². The van der Waals surface area contributed by atoms with Gasteiger partial charge in [0.2, 0.25) is 5.89 Å². The number of carboxylic acid groups (broad SMARTS) is 1. The maximum absolute atomic E-state index is 11.9. The Hall–Kier alpha value is -2.12. The summed E-state index contributed by atoms with van der Waals surface area (Å²) in [6, 6.07) is -0.236. The quantitative estimate of drug-likeness (QED) is 0.847. The zero-order valence-electron chi connectivity index (χ0n) is 11.5. The van der Waals surface area contributed by atoms with Gasteiger partial charge in [-0.15, -0.1) is 0 Å². The normalized spacial score (nSPS) is 17.8. The molecule has 0 unspecified atom stereocenters. The molecule has 0 atom stereocenters. The molecule has 0 aliphatic carbocycles. The summed E-state index contributed by atoms with van der Waals surface area (Å²) in [5.74, 6) is 0.0625. The second kappa shape index (κ2) is 5.48. The third kappa shape index (κ3) is 3.06. The lowest BCUT2D eigenvalue weighted by molar-refractivity contribution is -0.150. The fourth-order valence-corrected chi connectivity index (χ4v) is 2.10. The van der Waals surface area contributed by atoms with Gasteiger partial charge in [0.1, 0.15) is 0 Å². The van der Waals surface area contributed by atoms with Gasteiger partial charge in [0.15, 0.2) is 5.82 Å². The number of hydrogen-bond acceptors (Lipinski definition) is 5. The first-order chi connectivity index (χ1) is 9.40. The van der Waals surface area contributed by atoms with Crippen molar-refractivity contribution in [3.63, 3.8) is 0 Å². The predicted molar refractivity (Wildman–Crippen MR) is 67.8 cm³/mol. The fourth-order valence-electron chi connectivity index (χ4n) is 2.10. The van der Waals surface area contributed by atoms with Gasteiger partial charge in [0.25, 0.3) is 0 Å². The van der Waals surface area contributed by atoms with Gasteiger partial charge in [0.05, 0.1) is 12.0 Å². The van der Waals surface area contributed by atoms with Crippen molar-refractivity contribution in [3.8, 4) is 0 Å². The molecule has 1 aliphatic rings. The number of amides is 2. The van der Waals surface area contributed by atoms with Crippen LogP contribution in [-0.4, -0.2) is 45.2 Å². The van der Waals surface area contributed by atoms with E-state index in [1.807, 2.05) is 0 Å². The number of hydrogen-bond donors (Lipinski definition) is 2. The van der Waals surface area contributed by atoms with E-state index in [2.05, 4.69) is 15.5 Å². The van der Waals surface area contributed by atoms with Crippen molar-refractivity contribution in [1.82, 2.24) is 20.4 Å². The molecule has 0 radical (unpaired) electrons. The Morgan fingerprint density at radius 2 is 2.10 bits per heavy atom. The maximum atomic E-state index is 11.9. The highest BCUT2D eigenvalue weighted by atomic mass is 16.5. The largest absolute Gasteiger partial charge is 0.481 e. The Morgan fingerprint density at radius 3 is 2.60 bits per heavy atom. The van der Waals surface area contributed by atoms with Crippen LogP contribution in [0.15, 0.2) is 4.52 Å². The maximum Gasteiger partial charge on any atom is 0.317 e. The first-order valence-electron chi connectivity index (χ1n) is 6.46. The van der Waals surface area contributed by atoms with Gasteiger partial charge in [-0.25, -0.2) is 4.79 Å². The number of aryl methyl sites for hydroxylation is 1. The number of carboxylic acids is 1. The molecule has 0 aromatic carbocycles. The monoisotopic (exact) mass is 282 g/mol. The van der Waals surface area contributed by atoms with Gasteiger partial charge in [-0.2, -0.15) is 4.98 Å². The number of nitrogens with zero attached hydrogens (tertiary/aromatic N) is 3. The van der Waals surface area contributed by atoms with Gasteiger partial charge in [-0.3, -0.25) is 4.79 Å². The first kappa shape index (κ1) is 14.3. The van der Waals surface area contributed by atoms with Crippen LogP contribution >= 0.6 is 0 Å². The minimum atomic E-state index is -0.806. The van der Waals surface area contributed by atoms with Crippen molar-refractivity contribution < 1.29 is 19.2 Å². The Kier molecular flexibility index (Phi) is 3.91. The van der Waals surface area contributed by atoms with Gasteiger partial charge in [-0.1, -0.05) is 5.16 Å². The smallest absolute Gasteiger partial charge is 0.317 e. The number of aromatic nitrogens is 2. The molecular formula is C12H18N4O4. The Morgan fingerprint density at radius 1 is 1.45 bits per heavy atom. The van der Waals surface area contributed by atoms with Crippen LogP contribution < -0.4 is 5.32 Å². The van der Waals surface area contributed by atoms with E-state index in [9.17, 15) is 9.59 Å². The summed E-state index contributed by atoms with van der Waals surface area (Å²) in [4.78, 5) is 28.7. The molecule has 2 N–H and O–H groups in total. The molecule has 2 rings (SSSR count). The first-order valence-corrected chi connectivity index (χ1v) is 6.46. The van der Waals surface area contributed by atoms with E-state index in [0.717, 1.165) is 0 Å². The third-order valence-corrected chi connectivity index (χ3v) is 3.64. The predicted octanol–water partition coefficient (Wildman–Crippen LogP) is 0.774. The molecule has 110 valence electrons. The van der Waals surface area contributed by atoms with Gasteiger partial charge >= 0.3 is 12.0 Å². The van der Waals surface area contributed by atoms with Crippen LogP contribution in [0.1, 0.15) is 31.5 Å². The van der Waals surface area contributed by atoms with Gasteiger partial charge in [-0.05, 0) is 19.8 Å². The molecule has 1 fully saturated rings. The summed E-state index contributed by atoms with van der Waals surface area (Å²) in [5.41, 5.74) is -0.735. The van der Waals surface area contributed by atoms with E-state index in [0.29, 0.717) is 37.6 Å². The average molecular weight is 282 g/mol. The van der Waals surface area contributed by atoms with Gasteiger partial charge in [0, 0.05) is 20.0 Å². The molecular weight excluding hydrogens is 264 g/mol. The molecule has 8 nitrogen and oxygen atoms in total. The summed E-state index contributed by atoms with van der Waals surface area (Å²) in [7, 11) is 0. The SMILES string of the molecule is Cc1nc(CNC(=O)N2CCC(C)(C(=O)O)CC2)no1. The van der Waals surface area contributed by atoms with Crippen molar-refractivity contribution in [3.05, 3.63) is 11.7 Å². The number of piperidine rings is 1. The highest BCUT2D eigenvalue weighted by molar-refractivity contribution is 5.76. The van der Waals surface area contributed by atoms with Crippen molar-refractivity contribution >= 4 is 12.0 Å². The fraction of sp³-hybridized carbons (Fsp3) is 0.667. The number of rotatable bonds is 3. The molecule has 1 aromatic rings. The second-order valence-corrected chi connectivity index (χ2v) is 5.24. The zero-order chi connectivity index (χ0) is 14.8. The van der Waals surface area contributed by atoms with Crippen LogP contribution in [0, 0.1) is 12.3 Å². The number of likely N-dealkylation sites (tertiary alicyclic amines) is 1. The lowest BCUT2D eigenvalue weighted by Gasteiger charge is -2.36. The van der Waals surface area contributed by atoms with E-state index in [4.69, 9.17) is 9.63 Å². The van der Waals surface area contributed by atoms with Crippen LogP contribution in [-0.2, 0) is 11.3 Å². The second-order valence-electron chi connectivity index (χ2n) is 5.24. The van der Waals surface area contributed by atoms with Crippen LogP contribution in [0.25, 0.3) is 0 Å². The van der Waals surface area contributed by atoms with Crippen molar-refractivity contribution in [1.29, 1.82) is 0 Å². The van der Waals surface area contributed by atoms with Gasteiger partial charge < -0.3 is 19.8 Å². The average Bonchev–Trinajstić information content (AvgIpc) is 2.82. The molecule has 2 heterocycles. The lowest BCUT2D eigenvalue weighted by atomic mass is 9.80. The number of urea groups is 1. The highest BCUT2D eigenvalue weighted by Gasteiger charge is 2.37. The summed E-state index contributed by atoms with van der Waals surface area (Å²) in [6.45, 7) is 4.45. The van der Waals surface area contributed by atoms with Crippen molar-refractivity contribution in [2.75, 3.05) is 13.1 Å². The van der Waals surface area contributed by atoms with Crippen LogP contribution in [0.2, 0.25) is 0 Å². The summed E-state index contributed by atoms with van der Waals surface area (Å²) in [5, 5.41) is 15.5. The molecule has 8 heteroatoms. The molecule has 0 bridgehead atoms. The topological polar surface area (TPSA) is 109 Å². The minimum Gasteiger partial charge on any atom is -0.481 e. The summed E-state index contributed by atoms with van der Waals surface area (Å²) < 4.78 is 4.80. The van der Waals surface area contributed by atoms with Crippen LogP contribution in [0.3, 0.4) is 0 Å². The summed E-state index contributed by atoms with van der Waals surface area (Å²) in [6.07, 6.45) is 0.911. The molecule has 0 spiro atoms. The van der Waals surface area contributed by atoms with E-state index in [1.54, 1.807) is 18.7 Å². The lowest BCUT2D eigenvalue weighted by Crippen LogP contribution is -2.48. The molecule has 20 heavy (non-hydrogen) atoms. The Balaban J connectivity index is 1.81. The zero-order valence-corrected chi connectivity index (χ0v) is 11.5.